The van der Waals surface area contributed by atoms with Crippen LogP contribution in [-0.4, -0.2) is 38.9 Å². The number of tetrazole rings is 1. The molecule has 0 amide bonds. The molecule has 0 bridgehead atoms. The molecule has 2 aromatic carbocycles. The van der Waals surface area contributed by atoms with Gasteiger partial charge >= 0.3 is 0 Å². The third-order valence-corrected chi connectivity index (χ3v) is 5.97. The monoisotopic (exact) mass is 425 g/mol. The SMILES string of the molecule is CCOc1ccccc1-n1nnnc1SCc1csc(-c2ccc(OC)cc2)n1. The van der Waals surface area contributed by atoms with Crippen LogP contribution in [0.4, 0.5) is 0 Å². The molecule has 0 atom stereocenters. The number of nitrogens with zero attached hydrogens (tertiary/aromatic N) is 5. The highest BCUT2D eigenvalue weighted by atomic mass is 32.2. The summed E-state index contributed by atoms with van der Waals surface area (Å²) in [7, 11) is 1.66. The summed E-state index contributed by atoms with van der Waals surface area (Å²) in [6.07, 6.45) is 0. The molecule has 2 aromatic heterocycles. The van der Waals surface area contributed by atoms with E-state index in [1.165, 1.54) is 11.8 Å². The Morgan fingerprint density at radius 2 is 1.93 bits per heavy atom. The van der Waals surface area contributed by atoms with E-state index < -0.39 is 0 Å². The first-order valence-corrected chi connectivity index (χ1v) is 10.9. The maximum absolute atomic E-state index is 5.70. The van der Waals surface area contributed by atoms with Crippen molar-refractivity contribution >= 4 is 23.1 Å². The van der Waals surface area contributed by atoms with E-state index in [4.69, 9.17) is 14.5 Å². The van der Waals surface area contributed by atoms with Crippen LogP contribution in [-0.2, 0) is 5.75 Å². The molecule has 7 nitrogen and oxygen atoms in total. The molecular formula is C20H19N5O2S2. The molecular weight excluding hydrogens is 406 g/mol. The van der Waals surface area contributed by atoms with Crippen LogP contribution in [0.1, 0.15) is 12.6 Å². The standard InChI is InChI=1S/C20H19N5O2S2/c1-3-27-18-7-5-4-6-17(18)25-20(22-23-24-25)29-13-15-12-28-19(21-15)14-8-10-16(26-2)11-9-14/h4-12H,3,13H2,1-2H3. The summed E-state index contributed by atoms with van der Waals surface area (Å²) in [5.41, 5.74) is 2.88. The number of hydrogen-bond acceptors (Lipinski definition) is 8. The van der Waals surface area contributed by atoms with Crippen molar-refractivity contribution in [2.45, 2.75) is 17.8 Å². The van der Waals surface area contributed by atoms with E-state index in [1.807, 2.05) is 55.5 Å². The van der Waals surface area contributed by atoms with Gasteiger partial charge in [-0.3, -0.25) is 0 Å². The molecule has 0 unspecified atom stereocenters. The van der Waals surface area contributed by atoms with Crippen molar-refractivity contribution in [3.63, 3.8) is 0 Å². The van der Waals surface area contributed by atoms with Crippen molar-refractivity contribution in [3.05, 3.63) is 59.6 Å². The molecule has 0 radical (unpaired) electrons. The topological polar surface area (TPSA) is 75.0 Å². The number of methoxy groups -OCH3 is 1. The molecule has 4 aromatic rings. The molecule has 0 saturated heterocycles. The van der Waals surface area contributed by atoms with Crippen LogP contribution in [0.25, 0.3) is 16.3 Å². The van der Waals surface area contributed by atoms with E-state index in [0.29, 0.717) is 17.5 Å². The van der Waals surface area contributed by atoms with Gasteiger partial charge in [0.05, 0.1) is 19.4 Å². The number of thioether (sulfide) groups is 1. The predicted octanol–water partition coefficient (Wildman–Crippen LogP) is 4.49. The van der Waals surface area contributed by atoms with Crippen LogP contribution in [0.3, 0.4) is 0 Å². The highest BCUT2D eigenvalue weighted by Crippen LogP contribution is 2.30. The second-order valence-electron chi connectivity index (χ2n) is 5.94. The van der Waals surface area contributed by atoms with Gasteiger partial charge in [-0.2, -0.15) is 4.68 Å². The Morgan fingerprint density at radius 3 is 2.72 bits per heavy atom. The third kappa shape index (κ3) is 4.41. The van der Waals surface area contributed by atoms with Gasteiger partial charge in [0, 0.05) is 16.7 Å². The minimum atomic E-state index is 0.578. The molecule has 0 spiro atoms. The van der Waals surface area contributed by atoms with E-state index in [9.17, 15) is 0 Å². The molecule has 4 rings (SSSR count). The van der Waals surface area contributed by atoms with Crippen LogP contribution in [0.15, 0.2) is 59.1 Å². The second kappa shape index (κ2) is 9.06. The first-order valence-electron chi connectivity index (χ1n) is 9.00. The van der Waals surface area contributed by atoms with Crippen molar-refractivity contribution in [2.75, 3.05) is 13.7 Å². The Morgan fingerprint density at radius 1 is 1.10 bits per heavy atom. The third-order valence-electron chi connectivity index (χ3n) is 4.07. The predicted molar refractivity (Wildman–Crippen MR) is 114 cm³/mol. The Kier molecular flexibility index (Phi) is 6.06. The van der Waals surface area contributed by atoms with E-state index in [-0.39, 0.29) is 0 Å². The van der Waals surface area contributed by atoms with Crippen molar-refractivity contribution in [1.82, 2.24) is 25.2 Å². The molecule has 0 aliphatic carbocycles. The lowest BCUT2D eigenvalue weighted by Gasteiger charge is -2.10. The maximum Gasteiger partial charge on any atom is 0.214 e. The fraction of sp³-hybridized carbons (Fsp3) is 0.200. The number of thiazole rings is 1. The number of hydrogen-bond donors (Lipinski definition) is 0. The summed E-state index contributed by atoms with van der Waals surface area (Å²) in [4.78, 5) is 4.74. The molecule has 9 heteroatoms. The van der Waals surface area contributed by atoms with Crippen LogP contribution in [0.5, 0.6) is 11.5 Å². The lowest BCUT2D eigenvalue weighted by molar-refractivity contribution is 0.337. The van der Waals surface area contributed by atoms with Gasteiger partial charge in [0.25, 0.3) is 0 Å². The molecule has 0 aliphatic rings. The van der Waals surface area contributed by atoms with E-state index in [0.717, 1.165) is 33.5 Å². The van der Waals surface area contributed by atoms with E-state index >= 15 is 0 Å². The Bertz CT molecular complexity index is 1080. The van der Waals surface area contributed by atoms with Gasteiger partial charge in [-0.05, 0) is 53.7 Å². The van der Waals surface area contributed by atoms with Gasteiger partial charge in [-0.15, -0.1) is 16.4 Å². The highest BCUT2D eigenvalue weighted by molar-refractivity contribution is 7.98. The molecule has 0 aliphatic heterocycles. The smallest absolute Gasteiger partial charge is 0.214 e. The summed E-state index contributed by atoms with van der Waals surface area (Å²) < 4.78 is 12.6. The van der Waals surface area contributed by atoms with Crippen LogP contribution in [0, 0.1) is 0 Å². The quantitative estimate of drug-likeness (QED) is 0.385. The Balaban J connectivity index is 1.49. The van der Waals surface area contributed by atoms with Crippen molar-refractivity contribution in [3.8, 4) is 27.8 Å². The Hall–Kier alpha value is -2.91. The normalized spacial score (nSPS) is 10.8. The zero-order valence-corrected chi connectivity index (χ0v) is 17.6. The van der Waals surface area contributed by atoms with Crippen molar-refractivity contribution in [2.24, 2.45) is 0 Å². The zero-order chi connectivity index (χ0) is 20.1. The number of ether oxygens (including phenoxy) is 2. The number of rotatable bonds is 8. The molecule has 0 saturated carbocycles. The van der Waals surface area contributed by atoms with Crippen LogP contribution >= 0.6 is 23.1 Å². The summed E-state index contributed by atoms with van der Waals surface area (Å²) in [5.74, 6) is 2.25. The molecule has 0 fully saturated rings. The number of aromatic nitrogens is 5. The fourth-order valence-corrected chi connectivity index (χ4v) is 4.42. The van der Waals surface area contributed by atoms with E-state index in [2.05, 4.69) is 20.9 Å². The minimum absolute atomic E-state index is 0.578. The van der Waals surface area contributed by atoms with Gasteiger partial charge in [0.1, 0.15) is 22.2 Å². The minimum Gasteiger partial charge on any atom is -0.497 e. The number of para-hydroxylation sites is 2. The summed E-state index contributed by atoms with van der Waals surface area (Å²) in [5, 5.41) is 15.9. The average molecular weight is 426 g/mol. The maximum atomic E-state index is 5.70. The second-order valence-corrected chi connectivity index (χ2v) is 7.74. The average Bonchev–Trinajstić information content (AvgIpc) is 3.42. The largest absolute Gasteiger partial charge is 0.497 e. The van der Waals surface area contributed by atoms with Crippen molar-refractivity contribution < 1.29 is 9.47 Å². The number of benzene rings is 2. The van der Waals surface area contributed by atoms with Gasteiger partial charge in [-0.1, -0.05) is 23.9 Å². The van der Waals surface area contributed by atoms with Gasteiger partial charge in [0.2, 0.25) is 5.16 Å². The van der Waals surface area contributed by atoms with Gasteiger partial charge in [0.15, 0.2) is 0 Å². The lowest BCUT2D eigenvalue weighted by Crippen LogP contribution is -2.03. The summed E-state index contributed by atoms with van der Waals surface area (Å²) in [6.45, 7) is 2.53. The Labute approximate surface area is 176 Å². The first kappa shape index (κ1) is 19.4. The van der Waals surface area contributed by atoms with E-state index in [1.54, 1.807) is 23.1 Å². The van der Waals surface area contributed by atoms with Crippen LogP contribution in [0.2, 0.25) is 0 Å². The van der Waals surface area contributed by atoms with Gasteiger partial charge < -0.3 is 9.47 Å². The zero-order valence-electron chi connectivity index (χ0n) is 16.0. The van der Waals surface area contributed by atoms with Gasteiger partial charge in [-0.25, -0.2) is 4.98 Å². The van der Waals surface area contributed by atoms with Crippen LogP contribution < -0.4 is 9.47 Å². The highest BCUT2D eigenvalue weighted by Gasteiger charge is 2.14. The molecule has 2 heterocycles. The van der Waals surface area contributed by atoms with Crippen molar-refractivity contribution in [1.29, 1.82) is 0 Å². The fourth-order valence-electron chi connectivity index (χ4n) is 2.71. The molecule has 29 heavy (non-hydrogen) atoms. The molecule has 148 valence electrons. The summed E-state index contributed by atoms with van der Waals surface area (Å²) >= 11 is 3.16. The molecule has 0 N–H and O–H groups in total. The first-order chi connectivity index (χ1) is 14.3. The lowest BCUT2D eigenvalue weighted by atomic mass is 10.2. The summed E-state index contributed by atoms with van der Waals surface area (Å²) in [6, 6.07) is 15.6.